The summed E-state index contributed by atoms with van der Waals surface area (Å²) in [6, 6.07) is 3.87. The molecule has 2 saturated heterocycles. The summed E-state index contributed by atoms with van der Waals surface area (Å²) in [5.74, 6) is 1.13. The van der Waals surface area contributed by atoms with Crippen molar-refractivity contribution in [3.8, 4) is 11.5 Å². The van der Waals surface area contributed by atoms with Crippen molar-refractivity contribution >= 4 is 23.6 Å². The number of rotatable bonds is 7. The lowest BCUT2D eigenvalue weighted by atomic mass is 10.1. The van der Waals surface area contributed by atoms with E-state index in [2.05, 4.69) is 18.7 Å². The Labute approximate surface area is 184 Å². The highest BCUT2D eigenvalue weighted by atomic mass is 35.5. The Bertz CT molecular complexity index is 760. The topological polar surface area (TPSA) is 51.2 Å². The summed E-state index contributed by atoms with van der Waals surface area (Å²) in [5.41, 5.74) is 0.809. The van der Waals surface area contributed by atoms with Crippen LogP contribution < -0.4 is 9.47 Å². The molecule has 2 aliphatic rings. The number of carbonyl (C=O) groups is 1. The van der Waals surface area contributed by atoms with E-state index in [0.717, 1.165) is 44.6 Å². The van der Waals surface area contributed by atoms with E-state index in [1.807, 2.05) is 17.9 Å². The molecule has 6 nitrogen and oxygen atoms in total. The Hall–Kier alpha value is -1.76. The Morgan fingerprint density at radius 2 is 2.03 bits per heavy atom. The molecule has 0 spiro atoms. The Kier molecular flexibility index (Phi) is 8.03. The minimum Gasteiger partial charge on any atom is -0.491 e. The molecule has 3 rings (SSSR count). The van der Waals surface area contributed by atoms with Crippen molar-refractivity contribution in [3.63, 3.8) is 0 Å². The van der Waals surface area contributed by atoms with Gasteiger partial charge in [0.2, 0.25) is 5.91 Å². The Balaban J connectivity index is 1.66. The molecule has 2 fully saturated rings. The van der Waals surface area contributed by atoms with Crippen LogP contribution in [0.25, 0.3) is 6.08 Å². The summed E-state index contributed by atoms with van der Waals surface area (Å²) in [6.07, 6.45) is 5.99. The van der Waals surface area contributed by atoms with Gasteiger partial charge in [-0.05, 0) is 57.4 Å². The van der Waals surface area contributed by atoms with Gasteiger partial charge in [0.25, 0.3) is 0 Å². The van der Waals surface area contributed by atoms with Gasteiger partial charge in [0, 0.05) is 38.3 Å². The zero-order valence-corrected chi connectivity index (χ0v) is 19.2. The van der Waals surface area contributed by atoms with Crippen LogP contribution in [-0.2, 0) is 9.53 Å². The van der Waals surface area contributed by atoms with Gasteiger partial charge in [-0.2, -0.15) is 0 Å². The van der Waals surface area contributed by atoms with Crippen LogP contribution in [0, 0.1) is 0 Å². The van der Waals surface area contributed by atoms with Crippen LogP contribution in [0.5, 0.6) is 11.5 Å². The molecule has 0 radical (unpaired) electrons. The molecule has 0 aromatic heterocycles. The van der Waals surface area contributed by atoms with Crippen LogP contribution in [0.15, 0.2) is 18.2 Å². The molecular weight excluding hydrogens is 404 g/mol. The molecule has 2 heterocycles. The number of hydrogen-bond donors (Lipinski definition) is 0. The van der Waals surface area contributed by atoms with Crippen molar-refractivity contribution in [2.24, 2.45) is 0 Å². The van der Waals surface area contributed by atoms with Gasteiger partial charge in [-0.3, -0.25) is 9.69 Å². The summed E-state index contributed by atoms with van der Waals surface area (Å²) in [5, 5.41) is 0.463. The number of halogens is 1. The molecule has 166 valence electrons. The summed E-state index contributed by atoms with van der Waals surface area (Å²) in [6.45, 7) is 10.2. The molecule has 0 unspecified atom stereocenters. The summed E-state index contributed by atoms with van der Waals surface area (Å²) >= 11 is 6.32. The maximum Gasteiger partial charge on any atom is 0.246 e. The second-order valence-electron chi connectivity index (χ2n) is 8.10. The number of nitrogens with zero attached hydrogens (tertiary/aromatic N) is 2. The zero-order chi connectivity index (χ0) is 21.7. The van der Waals surface area contributed by atoms with E-state index in [-0.39, 0.29) is 24.2 Å². The first kappa shape index (κ1) is 22.9. The van der Waals surface area contributed by atoms with Crippen LogP contribution in [-0.4, -0.2) is 73.9 Å². The number of amides is 1. The summed E-state index contributed by atoms with van der Waals surface area (Å²) < 4.78 is 16.8. The number of morpholine rings is 1. The highest BCUT2D eigenvalue weighted by Crippen LogP contribution is 2.36. The molecule has 1 aromatic carbocycles. The molecule has 30 heavy (non-hydrogen) atoms. The van der Waals surface area contributed by atoms with Crippen molar-refractivity contribution in [2.75, 3.05) is 39.9 Å². The molecule has 0 saturated carbocycles. The van der Waals surface area contributed by atoms with Crippen molar-refractivity contribution in [2.45, 2.75) is 51.9 Å². The average molecular weight is 437 g/mol. The van der Waals surface area contributed by atoms with Crippen molar-refractivity contribution in [1.82, 2.24) is 9.80 Å². The minimum absolute atomic E-state index is 0.0387. The highest BCUT2D eigenvalue weighted by molar-refractivity contribution is 6.32. The number of carbonyl (C=O) groups excluding carboxylic acids is 1. The molecular formula is C23H33ClN2O4. The molecule has 3 atom stereocenters. The minimum atomic E-state index is 0.0387. The second kappa shape index (κ2) is 10.5. The number of methoxy groups -OCH3 is 1. The Morgan fingerprint density at radius 3 is 2.70 bits per heavy atom. The normalized spacial score (nSPS) is 25.1. The standard InChI is InChI=1S/C23H33ClN2O4/c1-5-29-21-12-18(11-20(24)23(21)28-4)8-9-22(27)26-10-6-7-19(26)15-25-13-16(2)30-17(3)14-25/h8-9,11-12,16-17,19H,5-7,10,13-15H2,1-4H3/b9-8-/t16-,17+,19-/m1/s1. The van der Waals surface area contributed by atoms with Gasteiger partial charge in [-0.1, -0.05) is 11.6 Å². The number of hydrogen-bond acceptors (Lipinski definition) is 5. The van der Waals surface area contributed by atoms with Gasteiger partial charge in [-0.15, -0.1) is 0 Å². The lowest BCUT2D eigenvalue weighted by molar-refractivity contribution is -0.127. The molecule has 0 aliphatic carbocycles. The predicted molar refractivity (Wildman–Crippen MR) is 119 cm³/mol. The van der Waals surface area contributed by atoms with Gasteiger partial charge < -0.3 is 19.1 Å². The molecule has 0 bridgehead atoms. The van der Waals surface area contributed by atoms with E-state index in [9.17, 15) is 4.79 Å². The van der Waals surface area contributed by atoms with Crippen molar-refractivity contribution in [1.29, 1.82) is 0 Å². The van der Waals surface area contributed by atoms with E-state index in [4.69, 9.17) is 25.8 Å². The summed E-state index contributed by atoms with van der Waals surface area (Å²) in [7, 11) is 1.56. The van der Waals surface area contributed by atoms with E-state index >= 15 is 0 Å². The van der Waals surface area contributed by atoms with Crippen LogP contribution in [0.1, 0.15) is 39.2 Å². The molecule has 2 aliphatic heterocycles. The van der Waals surface area contributed by atoms with E-state index in [0.29, 0.717) is 23.1 Å². The van der Waals surface area contributed by atoms with Crippen LogP contribution >= 0.6 is 11.6 Å². The lowest BCUT2D eigenvalue weighted by Gasteiger charge is -2.38. The molecule has 1 amide bonds. The maximum absolute atomic E-state index is 12.9. The fourth-order valence-electron chi connectivity index (χ4n) is 4.46. The van der Waals surface area contributed by atoms with Crippen molar-refractivity contribution in [3.05, 3.63) is 28.8 Å². The molecule has 1 aromatic rings. The first-order valence-corrected chi connectivity index (χ1v) is 11.2. The van der Waals surface area contributed by atoms with Crippen LogP contribution in [0.3, 0.4) is 0 Å². The van der Waals surface area contributed by atoms with Gasteiger partial charge in [0.15, 0.2) is 11.5 Å². The highest BCUT2D eigenvalue weighted by Gasteiger charge is 2.31. The molecule has 7 heteroatoms. The summed E-state index contributed by atoms with van der Waals surface area (Å²) in [4.78, 5) is 17.3. The number of likely N-dealkylation sites (tertiary alicyclic amines) is 1. The SMILES string of the molecule is CCOc1cc(/C=C\C(=O)N2CCC[C@@H]2CN2C[C@@H](C)O[C@@H](C)C2)cc(Cl)c1OC. The fraction of sp³-hybridized carbons (Fsp3) is 0.609. The molecule has 0 N–H and O–H groups in total. The van der Waals surface area contributed by atoms with E-state index in [1.165, 1.54) is 0 Å². The third-order valence-corrected chi connectivity index (χ3v) is 5.86. The van der Waals surface area contributed by atoms with Gasteiger partial charge in [-0.25, -0.2) is 0 Å². The second-order valence-corrected chi connectivity index (χ2v) is 8.51. The van der Waals surface area contributed by atoms with Crippen LogP contribution in [0.4, 0.5) is 0 Å². The van der Waals surface area contributed by atoms with Gasteiger partial charge in [0.1, 0.15) is 0 Å². The zero-order valence-electron chi connectivity index (χ0n) is 18.4. The predicted octanol–water partition coefficient (Wildman–Crippen LogP) is 3.86. The monoisotopic (exact) mass is 436 g/mol. The maximum atomic E-state index is 12.9. The van der Waals surface area contributed by atoms with Gasteiger partial charge >= 0.3 is 0 Å². The van der Waals surface area contributed by atoms with E-state index < -0.39 is 0 Å². The number of ether oxygens (including phenoxy) is 3. The lowest BCUT2D eigenvalue weighted by Crippen LogP contribution is -2.50. The largest absolute Gasteiger partial charge is 0.491 e. The third-order valence-electron chi connectivity index (χ3n) is 5.58. The van der Waals surface area contributed by atoms with Crippen LogP contribution in [0.2, 0.25) is 5.02 Å². The smallest absolute Gasteiger partial charge is 0.246 e. The average Bonchev–Trinajstić information content (AvgIpc) is 3.13. The first-order valence-electron chi connectivity index (χ1n) is 10.8. The third kappa shape index (κ3) is 5.68. The Morgan fingerprint density at radius 1 is 1.30 bits per heavy atom. The fourth-order valence-corrected chi connectivity index (χ4v) is 4.75. The van der Waals surface area contributed by atoms with E-state index in [1.54, 1.807) is 25.3 Å². The van der Waals surface area contributed by atoms with Gasteiger partial charge in [0.05, 0.1) is 30.9 Å². The number of benzene rings is 1. The first-order chi connectivity index (χ1) is 14.4. The quantitative estimate of drug-likeness (QED) is 0.607. The van der Waals surface area contributed by atoms with Crippen molar-refractivity contribution < 1.29 is 19.0 Å².